The van der Waals surface area contributed by atoms with Gasteiger partial charge in [0.25, 0.3) is 0 Å². The topological polar surface area (TPSA) is 95.9 Å². The molecule has 7 nitrogen and oxygen atoms in total. The Morgan fingerprint density at radius 2 is 2.05 bits per heavy atom. The van der Waals surface area contributed by atoms with Crippen molar-refractivity contribution in [2.24, 2.45) is 0 Å². The number of hydrogen-bond acceptors (Lipinski definition) is 6. The molecule has 21 heavy (non-hydrogen) atoms. The van der Waals surface area contributed by atoms with Crippen molar-refractivity contribution in [3.63, 3.8) is 0 Å². The third kappa shape index (κ3) is 4.14. The number of rotatable bonds is 5. The molecule has 0 atom stereocenters. The predicted octanol–water partition coefficient (Wildman–Crippen LogP) is 1.92. The smallest absolute Gasteiger partial charge is 0.306 e. The van der Waals surface area contributed by atoms with E-state index in [1.165, 1.54) is 6.33 Å². The van der Waals surface area contributed by atoms with Gasteiger partial charge in [0.2, 0.25) is 0 Å². The van der Waals surface area contributed by atoms with E-state index in [4.69, 9.17) is 10.5 Å². The fraction of sp³-hybridized carbons (Fsp3) is 0.571. The molecule has 0 bridgehead atoms. The van der Waals surface area contributed by atoms with Gasteiger partial charge < -0.3 is 15.0 Å². The van der Waals surface area contributed by atoms with Gasteiger partial charge in [0.15, 0.2) is 11.5 Å². The normalized spacial score (nSPS) is 11.8. The lowest BCUT2D eigenvalue weighted by Gasteiger charge is -2.19. The number of carbonyl (C=O) groups is 1. The van der Waals surface area contributed by atoms with Crippen molar-refractivity contribution in [1.29, 1.82) is 0 Å². The van der Waals surface area contributed by atoms with E-state index in [9.17, 15) is 4.79 Å². The second-order valence-corrected chi connectivity index (χ2v) is 5.91. The van der Waals surface area contributed by atoms with Crippen LogP contribution in [-0.4, -0.2) is 31.1 Å². The van der Waals surface area contributed by atoms with Gasteiger partial charge in [-0.1, -0.05) is 0 Å². The summed E-state index contributed by atoms with van der Waals surface area (Å²) < 4.78 is 7.18. The third-order valence-corrected chi connectivity index (χ3v) is 2.88. The van der Waals surface area contributed by atoms with Crippen LogP contribution in [0.15, 0.2) is 12.7 Å². The number of fused-ring (bicyclic) bond motifs is 1. The number of anilines is 1. The first-order valence-corrected chi connectivity index (χ1v) is 7.00. The van der Waals surface area contributed by atoms with Crippen molar-refractivity contribution in [2.75, 3.05) is 5.73 Å². The van der Waals surface area contributed by atoms with E-state index in [1.807, 2.05) is 25.3 Å². The van der Waals surface area contributed by atoms with Crippen LogP contribution in [0.1, 0.15) is 40.0 Å². The molecule has 2 aromatic heterocycles. The largest absolute Gasteiger partial charge is 0.460 e. The lowest BCUT2D eigenvalue weighted by atomic mass is 10.2. The van der Waals surface area contributed by atoms with Crippen LogP contribution in [0.2, 0.25) is 0 Å². The molecule has 114 valence electrons. The Morgan fingerprint density at radius 3 is 2.76 bits per heavy atom. The summed E-state index contributed by atoms with van der Waals surface area (Å²) in [4.78, 5) is 23.9. The summed E-state index contributed by atoms with van der Waals surface area (Å²) in [6.07, 6.45) is 5.14. The third-order valence-electron chi connectivity index (χ3n) is 2.88. The molecule has 0 fully saturated rings. The fourth-order valence-electron chi connectivity index (χ4n) is 2.01. The zero-order chi connectivity index (χ0) is 15.5. The number of aryl methyl sites for hydroxylation is 1. The second kappa shape index (κ2) is 6.07. The summed E-state index contributed by atoms with van der Waals surface area (Å²) in [5.74, 6) is 0.220. The monoisotopic (exact) mass is 291 g/mol. The van der Waals surface area contributed by atoms with Crippen molar-refractivity contribution in [1.82, 2.24) is 19.5 Å². The summed E-state index contributed by atoms with van der Waals surface area (Å²) in [7, 11) is 0. The predicted molar refractivity (Wildman–Crippen MR) is 79.4 cm³/mol. The van der Waals surface area contributed by atoms with E-state index < -0.39 is 5.60 Å². The molecular weight excluding hydrogens is 270 g/mol. The van der Waals surface area contributed by atoms with Crippen LogP contribution in [0.5, 0.6) is 0 Å². The maximum absolute atomic E-state index is 11.6. The molecule has 0 saturated carbocycles. The molecule has 0 saturated heterocycles. The molecule has 2 heterocycles. The molecule has 2 aromatic rings. The van der Waals surface area contributed by atoms with E-state index in [-0.39, 0.29) is 5.97 Å². The number of carbonyl (C=O) groups excluding carboxylic acids is 1. The van der Waals surface area contributed by atoms with Gasteiger partial charge in [-0.3, -0.25) is 4.79 Å². The number of nitrogens with two attached hydrogens (primary N) is 1. The van der Waals surface area contributed by atoms with Gasteiger partial charge in [-0.15, -0.1) is 0 Å². The van der Waals surface area contributed by atoms with Gasteiger partial charge in [0.05, 0.1) is 6.33 Å². The van der Waals surface area contributed by atoms with Gasteiger partial charge >= 0.3 is 5.97 Å². The van der Waals surface area contributed by atoms with Crippen LogP contribution in [0, 0.1) is 0 Å². The summed E-state index contributed by atoms with van der Waals surface area (Å²) in [6.45, 7) is 6.33. The molecule has 0 aliphatic heterocycles. The quantitative estimate of drug-likeness (QED) is 0.668. The minimum Gasteiger partial charge on any atom is -0.460 e. The van der Waals surface area contributed by atoms with Gasteiger partial charge in [0.1, 0.15) is 17.4 Å². The number of aromatic nitrogens is 4. The molecule has 0 amide bonds. The Labute approximate surface area is 123 Å². The Kier molecular flexibility index (Phi) is 4.40. The minimum atomic E-state index is -0.425. The average molecular weight is 291 g/mol. The first-order valence-electron chi connectivity index (χ1n) is 7.00. The van der Waals surface area contributed by atoms with E-state index in [2.05, 4.69) is 15.0 Å². The highest BCUT2D eigenvalue weighted by Crippen LogP contribution is 2.15. The van der Waals surface area contributed by atoms with E-state index in [1.54, 1.807) is 6.33 Å². The molecule has 0 unspecified atom stereocenters. The first kappa shape index (κ1) is 15.2. The maximum Gasteiger partial charge on any atom is 0.306 e. The second-order valence-electron chi connectivity index (χ2n) is 5.91. The number of imidazole rings is 1. The van der Waals surface area contributed by atoms with Crippen LogP contribution in [0.3, 0.4) is 0 Å². The molecule has 0 aliphatic rings. The molecule has 0 radical (unpaired) electrons. The number of nitrogen functional groups attached to an aromatic ring is 1. The Hall–Kier alpha value is -2.18. The van der Waals surface area contributed by atoms with Gasteiger partial charge in [0, 0.05) is 13.0 Å². The minimum absolute atomic E-state index is 0.162. The molecule has 2 N–H and O–H groups in total. The van der Waals surface area contributed by atoms with Crippen molar-refractivity contribution in [2.45, 2.75) is 52.2 Å². The highest BCUT2D eigenvalue weighted by Gasteiger charge is 2.15. The van der Waals surface area contributed by atoms with Crippen molar-refractivity contribution in [3.8, 4) is 0 Å². The van der Waals surface area contributed by atoms with Crippen molar-refractivity contribution >= 4 is 23.0 Å². The number of hydrogen-bond donors (Lipinski definition) is 1. The summed E-state index contributed by atoms with van der Waals surface area (Å²) in [5.41, 5.74) is 6.65. The van der Waals surface area contributed by atoms with E-state index in [0.29, 0.717) is 17.8 Å². The molecule has 2 rings (SSSR count). The van der Waals surface area contributed by atoms with Crippen molar-refractivity contribution in [3.05, 3.63) is 12.7 Å². The fourth-order valence-corrected chi connectivity index (χ4v) is 2.01. The molecule has 7 heteroatoms. The molecule has 0 aromatic carbocycles. The lowest BCUT2D eigenvalue weighted by Crippen LogP contribution is -2.23. The molecular formula is C14H21N5O2. The number of ether oxygens (including phenoxy) is 1. The average Bonchev–Trinajstić information content (AvgIpc) is 2.77. The van der Waals surface area contributed by atoms with E-state index >= 15 is 0 Å². The summed E-state index contributed by atoms with van der Waals surface area (Å²) in [5, 5.41) is 0. The van der Waals surface area contributed by atoms with Crippen LogP contribution < -0.4 is 5.73 Å². The van der Waals surface area contributed by atoms with Gasteiger partial charge in [-0.05, 0) is 33.6 Å². The lowest BCUT2D eigenvalue weighted by molar-refractivity contribution is -0.154. The molecule has 0 spiro atoms. The zero-order valence-corrected chi connectivity index (χ0v) is 12.7. The highest BCUT2D eigenvalue weighted by molar-refractivity contribution is 5.81. The zero-order valence-electron chi connectivity index (χ0n) is 12.7. The Balaban J connectivity index is 1.83. The SMILES string of the molecule is CC(C)(C)OC(=O)CCCCn1cnc2c(N)ncnc21. The Bertz CT molecular complexity index is 630. The number of esters is 1. The highest BCUT2D eigenvalue weighted by atomic mass is 16.6. The summed E-state index contributed by atoms with van der Waals surface area (Å²) >= 11 is 0. The van der Waals surface area contributed by atoms with Crippen molar-refractivity contribution < 1.29 is 9.53 Å². The number of unbranched alkanes of at least 4 members (excludes halogenated alkanes) is 1. The van der Waals surface area contributed by atoms with Gasteiger partial charge in [-0.25, -0.2) is 15.0 Å². The van der Waals surface area contributed by atoms with Crippen LogP contribution in [-0.2, 0) is 16.1 Å². The van der Waals surface area contributed by atoms with Gasteiger partial charge in [-0.2, -0.15) is 0 Å². The van der Waals surface area contributed by atoms with Crippen LogP contribution in [0.25, 0.3) is 11.2 Å². The number of nitrogens with zero attached hydrogens (tertiary/aromatic N) is 4. The standard InChI is InChI=1S/C14H21N5O2/c1-14(2,3)21-10(20)6-4-5-7-19-9-18-11-12(15)16-8-17-13(11)19/h8-9H,4-7H2,1-3H3,(H2,15,16,17). The van der Waals surface area contributed by atoms with Crippen LogP contribution >= 0.6 is 0 Å². The van der Waals surface area contributed by atoms with E-state index in [0.717, 1.165) is 25.0 Å². The Morgan fingerprint density at radius 1 is 1.29 bits per heavy atom. The molecule has 0 aliphatic carbocycles. The first-order chi connectivity index (χ1) is 9.87. The maximum atomic E-state index is 11.6. The summed E-state index contributed by atoms with van der Waals surface area (Å²) in [6, 6.07) is 0. The van der Waals surface area contributed by atoms with Crippen LogP contribution in [0.4, 0.5) is 5.82 Å².